The van der Waals surface area contributed by atoms with Gasteiger partial charge in [0.05, 0.1) is 0 Å². The van der Waals surface area contributed by atoms with E-state index in [1.165, 1.54) is 25.7 Å². The smallest absolute Gasteiger partial charge is 0.225 e. The Hall–Kier alpha value is -0.810. The highest BCUT2D eigenvalue weighted by atomic mass is 35.5. The van der Waals surface area contributed by atoms with Gasteiger partial charge >= 0.3 is 0 Å². The fraction of sp³-hybridized carbons (Fsp3) is 0.905. The molecular formula is C21H38ClN3O2. The Labute approximate surface area is 170 Å². The number of carbonyl (C=O) groups is 2. The van der Waals surface area contributed by atoms with Gasteiger partial charge in [0.2, 0.25) is 11.8 Å². The van der Waals surface area contributed by atoms with E-state index >= 15 is 0 Å². The molecule has 0 aromatic carbocycles. The zero-order valence-electron chi connectivity index (χ0n) is 17.0. The maximum atomic E-state index is 12.9. The van der Waals surface area contributed by atoms with Gasteiger partial charge in [-0.05, 0) is 56.3 Å². The molecule has 1 saturated heterocycles. The van der Waals surface area contributed by atoms with Crippen LogP contribution < -0.4 is 11.1 Å². The van der Waals surface area contributed by atoms with E-state index in [0.717, 1.165) is 45.2 Å². The SMILES string of the molecule is CC1(C)CN(C(=O)C2CCC(NC(=O)CC3CCCC3)CC2)CCC1N.Cl. The van der Waals surface area contributed by atoms with Crippen LogP contribution in [0.2, 0.25) is 0 Å². The Balaban J connectivity index is 0.00000261. The van der Waals surface area contributed by atoms with Crippen molar-refractivity contribution < 1.29 is 9.59 Å². The molecule has 0 bridgehead atoms. The summed E-state index contributed by atoms with van der Waals surface area (Å²) >= 11 is 0. The fourth-order valence-electron chi connectivity index (χ4n) is 5.07. The summed E-state index contributed by atoms with van der Waals surface area (Å²) in [6, 6.07) is 0.441. The van der Waals surface area contributed by atoms with E-state index in [1.807, 2.05) is 4.90 Å². The molecule has 1 unspecified atom stereocenters. The van der Waals surface area contributed by atoms with E-state index in [2.05, 4.69) is 19.2 Å². The van der Waals surface area contributed by atoms with E-state index in [-0.39, 0.29) is 41.7 Å². The summed E-state index contributed by atoms with van der Waals surface area (Å²) in [5, 5.41) is 3.22. The average Bonchev–Trinajstić information content (AvgIpc) is 3.10. The molecule has 0 radical (unpaired) electrons. The maximum absolute atomic E-state index is 12.9. The van der Waals surface area contributed by atoms with Crippen molar-refractivity contribution in [2.45, 2.75) is 90.1 Å². The van der Waals surface area contributed by atoms with Gasteiger partial charge in [-0.2, -0.15) is 0 Å². The number of piperidine rings is 1. The Bertz CT molecular complexity index is 512. The van der Waals surface area contributed by atoms with Crippen molar-refractivity contribution in [1.29, 1.82) is 0 Å². The lowest BCUT2D eigenvalue weighted by atomic mass is 9.78. The second-order valence-electron chi connectivity index (χ2n) is 9.61. The first-order chi connectivity index (χ1) is 12.3. The summed E-state index contributed by atoms with van der Waals surface area (Å²) in [4.78, 5) is 27.2. The number of amides is 2. The van der Waals surface area contributed by atoms with E-state index in [0.29, 0.717) is 18.2 Å². The Morgan fingerprint density at radius 1 is 1.04 bits per heavy atom. The lowest BCUT2D eigenvalue weighted by Crippen LogP contribution is -2.55. The Morgan fingerprint density at radius 2 is 1.67 bits per heavy atom. The van der Waals surface area contributed by atoms with Gasteiger partial charge in [-0.1, -0.05) is 26.7 Å². The highest BCUT2D eigenvalue weighted by Crippen LogP contribution is 2.32. The van der Waals surface area contributed by atoms with Crippen LogP contribution in [0.1, 0.15) is 78.1 Å². The summed E-state index contributed by atoms with van der Waals surface area (Å²) in [7, 11) is 0. The summed E-state index contributed by atoms with van der Waals surface area (Å²) < 4.78 is 0. The number of hydrogen-bond acceptors (Lipinski definition) is 3. The minimum atomic E-state index is -0.000669. The molecule has 3 aliphatic rings. The number of halogens is 1. The van der Waals surface area contributed by atoms with Crippen molar-refractivity contribution in [2.75, 3.05) is 13.1 Å². The topological polar surface area (TPSA) is 75.4 Å². The van der Waals surface area contributed by atoms with Gasteiger partial charge in [-0.3, -0.25) is 9.59 Å². The van der Waals surface area contributed by atoms with Gasteiger partial charge < -0.3 is 16.0 Å². The molecule has 0 aromatic rings. The van der Waals surface area contributed by atoms with Crippen LogP contribution in [-0.2, 0) is 9.59 Å². The van der Waals surface area contributed by atoms with Crippen molar-refractivity contribution in [3.63, 3.8) is 0 Å². The number of nitrogens with two attached hydrogens (primary N) is 1. The number of rotatable bonds is 4. The molecule has 3 rings (SSSR count). The molecule has 1 atom stereocenters. The number of likely N-dealkylation sites (tertiary alicyclic amines) is 1. The predicted octanol–water partition coefficient (Wildman–Crippen LogP) is 3.25. The third kappa shape index (κ3) is 5.83. The number of nitrogens with one attached hydrogen (secondary N) is 1. The van der Waals surface area contributed by atoms with Crippen molar-refractivity contribution in [3.8, 4) is 0 Å². The second-order valence-corrected chi connectivity index (χ2v) is 9.61. The van der Waals surface area contributed by atoms with Crippen LogP contribution in [0.15, 0.2) is 0 Å². The quantitative estimate of drug-likeness (QED) is 0.761. The van der Waals surface area contributed by atoms with Crippen LogP contribution in [0, 0.1) is 17.3 Å². The normalized spacial score (nSPS) is 31.2. The van der Waals surface area contributed by atoms with Gasteiger partial charge in [-0.25, -0.2) is 0 Å². The molecule has 6 heteroatoms. The lowest BCUT2D eigenvalue weighted by molar-refractivity contribution is -0.140. The Kier molecular flexibility index (Phi) is 7.99. The summed E-state index contributed by atoms with van der Waals surface area (Å²) in [6.45, 7) is 5.88. The summed E-state index contributed by atoms with van der Waals surface area (Å²) in [6.07, 6.45) is 10.2. The van der Waals surface area contributed by atoms with E-state index in [1.54, 1.807) is 0 Å². The molecule has 2 amide bonds. The highest BCUT2D eigenvalue weighted by molar-refractivity contribution is 5.85. The maximum Gasteiger partial charge on any atom is 0.225 e. The standard InChI is InChI=1S/C21H37N3O2.ClH/c1-21(2)14-24(12-11-18(21)22)20(26)16-7-9-17(10-8-16)23-19(25)13-15-5-3-4-6-15;/h15-18H,3-14,22H2,1-2H3,(H,23,25);1H. The van der Waals surface area contributed by atoms with Gasteiger partial charge in [0.15, 0.2) is 0 Å². The van der Waals surface area contributed by atoms with Crippen LogP contribution in [0.3, 0.4) is 0 Å². The van der Waals surface area contributed by atoms with Crippen molar-refractivity contribution in [1.82, 2.24) is 10.2 Å². The van der Waals surface area contributed by atoms with E-state index in [4.69, 9.17) is 5.73 Å². The van der Waals surface area contributed by atoms with Crippen LogP contribution in [0.4, 0.5) is 0 Å². The average molecular weight is 400 g/mol. The molecule has 27 heavy (non-hydrogen) atoms. The first-order valence-corrected chi connectivity index (χ1v) is 10.7. The summed E-state index contributed by atoms with van der Waals surface area (Å²) in [5.74, 6) is 1.25. The molecule has 156 valence electrons. The number of hydrogen-bond donors (Lipinski definition) is 2. The molecule has 0 spiro atoms. The third-order valence-electron chi connectivity index (χ3n) is 7.01. The largest absolute Gasteiger partial charge is 0.353 e. The second kappa shape index (κ2) is 9.60. The van der Waals surface area contributed by atoms with Crippen LogP contribution in [0.25, 0.3) is 0 Å². The Morgan fingerprint density at radius 3 is 2.26 bits per heavy atom. The highest BCUT2D eigenvalue weighted by Gasteiger charge is 2.38. The minimum Gasteiger partial charge on any atom is -0.353 e. The molecule has 3 fully saturated rings. The van der Waals surface area contributed by atoms with Gasteiger partial charge in [0, 0.05) is 37.5 Å². The molecule has 2 aliphatic carbocycles. The third-order valence-corrected chi connectivity index (χ3v) is 7.01. The zero-order valence-corrected chi connectivity index (χ0v) is 17.9. The predicted molar refractivity (Wildman–Crippen MR) is 111 cm³/mol. The van der Waals surface area contributed by atoms with Crippen LogP contribution in [-0.4, -0.2) is 41.9 Å². The zero-order chi connectivity index (χ0) is 18.7. The monoisotopic (exact) mass is 399 g/mol. The first-order valence-electron chi connectivity index (χ1n) is 10.7. The minimum absolute atomic E-state index is 0. The first kappa shape index (κ1) is 22.5. The molecule has 1 heterocycles. The van der Waals surface area contributed by atoms with Crippen LogP contribution >= 0.6 is 12.4 Å². The molecule has 1 aliphatic heterocycles. The van der Waals surface area contributed by atoms with E-state index in [9.17, 15) is 9.59 Å². The van der Waals surface area contributed by atoms with Crippen LogP contribution in [0.5, 0.6) is 0 Å². The van der Waals surface area contributed by atoms with Gasteiger partial charge in [-0.15, -0.1) is 12.4 Å². The molecule has 2 saturated carbocycles. The van der Waals surface area contributed by atoms with Gasteiger partial charge in [0.1, 0.15) is 0 Å². The van der Waals surface area contributed by atoms with E-state index < -0.39 is 0 Å². The molecule has 5 nitrogen and oxygen atoms in total. The summed E-state index contributed by atoms with van der Waals surface area (Å²) in [5.41, 5.74) is 6.20. The molecular weight excluding hydrogens is 362 g/mol. The van der Waals surface area contributed by atoms with Gasteiger partial charge in [0.25, 0.3) is 0 Å². The van der Waals surface area contributed by atoms with Crippen molar-refractivity contribution in [2.24, 2.45) is 23.0 Å². The van der Waals surface area contributed by atoms with Crippen molar-refractivity contribution >= 4 is 24.2 Å². The lowest BCUT2D eigenvalue weighted by Gasteiger charge is -2.44. The fourth-order valence-corrected chi connectivity index (χ4v) is 5.07. The number of nitrogens with zero attached hydrogens (tertiary/aromatic N) is 1. The molecule has 0 aromatic heterocycles. The molecule has 3 N–H and O–H groups in total. The number of carbonyl (C=O) groups excluding carboxylic acids is 2. The van der Waals surface area contributed by atoms with Crippen molar-refractivity contribution in [3.05, 3.63) is 0 Å².